The predicted molar refractivity (Wildman–Crippen MR) is 264 cm³/mol. The first kappa shape index (κ1) is 36.5. The van der Waals surface area contributed by atoms with Crippen molar-refractivity contribution in [3.8, 4) is 50.2 Å². The lowest BCUT2D eigenvalue weighted by Crippen LogP contribution is -2.09. The van der Waals surface area contributed by atoms with Crippen LogP contribution in [0, 0.1) is 0 Å². The number of anilines is 3. The topological polar surface area (TPSA) is 21.3 Å². The van der Waals surface area contributed by atoms with Crippen molar-refractivity contribution in [1.82, 2.24) is 4.57 Å². The number of benzene rings is 10. The Hall–Kier alpha value is -8.40. The van der Waals surface area contributed by atoms with Gasteiger partial charge in [0.05, 0.1) is 11.0 Å². The van der Waals surface area contributed by atoms with E-state index in [1.54, 1.807) is 0 Å². The third-order valence-corrected chi connectivity index (χ3v) is 12.4. The van der Waals surface area contributed by atoms with Crippen LogP contribution >= 0.6 is 0 Å². The van der Waals surface area contributed by atoms with Crippen LogP contribution in [0.4, 0.5) is 17.1 Å². The maximum atomic E-state index is 6.94. The summed E-state index contributed by atoms with van der Waals surface area (Å²) in [4.78, 5) is 2.34. The number of nitrogens with zero attached hydrogens (tertiary/aromatic N) is 2. The average molecular weight is 805 g/mol. The molecule has 0 saturated heterocycles. The van der Waals surface area contributed by atoms with E-state index < -0.39 is 0 Å². The second kappa shape index (κ2) is 15.3. The lowest BCUT2D eigenvalue weighted by molar-refractivity contribution is 0.671. The fourth-order valence-electron chi connectivity index (χ4n) is 9.36. The molecule has 10 aromatic carbocycles. The molecule has 12 aromatic rings. The minimum atomic E-state index is 0.873. The molecule has 2 heterocycles. The third-order valence-electron chi connectivity index (χ3n) is 12.4. The molecule has 12 rings (SSSR count). The summed E-state index contributed by atoms with van der Waals surface area (Å²) in [6.07, 6.45) is 0. The first-order valence-corrected chi connectivity index (χ1v) is 21.5. The van der Waals surface area contributed by atoms with Gasteiger partial charge in [-0.2, -0.15) is 0 Å². The van der Waals surface area contributed by atoms with Crippen LogP contribution in [0.2, 0.25) is 0 Å². The number of para-hydroxylation sites is 2. The van der Waals surface area contributed by atoms with Gasteiger partial charge < -0.3 is 13.9 Å². The first-order chi connectivity index (χ1) is 31.2. The lowest BCUT2D eigenvalue weighted by atomic mass is 9.96. The summed E-state index contributed by atoms with van der Waals surface area (Å²) in [5.74, 6) is 0. The minimum Gasteiger partial charge on any atom is -0.454 e. The van der Waals surface area contributed by atoms with Crippen LogP contribution in [0.3, 0.4) is 0 Å². The number of fused-ring (bicyclic) bond motifs is 7. The molecule has 0 aliphatic rings. The molecule has 0 N–H and O–H groups in total. The zero-order valence-corrected chi connectivity index (χ0v) is 34.4. The van der Waals surface area contributed by atoms with Gasteiger partial charge >= 0.3 is 0 Å². The molecule has 3 nitrogen and oxygen atoms in total. The molecular weight excluding hydrogens is 765 g/mol. The second-order valence-electron chi connectivity index (χ2n) is 16.1. The first-order valence-electron chi connectivity index (χ1n) is 21.5. The molecule has 0 atom stereocenters. The van der Waals surface area contributed by atoms with Crippen molar-refractivity contribution in [2.24, 2.45) is 0 Å². The molecule has 296 valence electrons. The summed E-state index contributed by atoms with van der Waals surface area (Å²) in [7, 11) is 0. The van der Waals surface area contributed by atoms with E-state index in [4.69, 9.17) is 4.42 Å². The average Bonchev–Trinajstić information content (AvgIpc) is 3.92. The van der Waals surface area contributed by atoms with Crippen molar-refractivity contribution in [3.63, 3.8) is 0 Å². The van der Waals surface area contributed by atoms with E-state index in [1.165, 1.54) is 38.8 Å². The normalized spacial score (nSPS) is 11.5. The van der Waals surface area contributed by atoms with Crippen molar-refractivity contribution in [1.29, 1.82) is 0 Å². The number of rotatable bonds is 8. The van der Waals surface area contributed by atoms with Gasteiger partial charge in [0.2, 0.25) is 0 Å². The number of hydrogen-bond acceptors (Lipinski definition) is 2. The van der Waals surface area contributed by atoms with Gasteiger partial charge in [-0.3, -0.25) is 0 Å². The Balaban J connectivity index is 1.01. The summed E-state index contributed by atoms with van der Waals surface area (Å²) < 4.78 is 9.32. The van der Waals surface area contributed by atoms with Gasteiger partial charge in [-0.05, 0) is 111 Å². The molecule has 0 aliphatic carbocycles. The monoisotopic (exact) mass is 804 g/mol. The fraction of sp³-hybridized carbons (Fsp3) is 0. The summed E-state index contributed by atoms with van der Waals surface area (Å²) in [6.45, 7) is 0. The Bertz CT molecular complexity index is 3470. The Morgan fingerprint density at radius 2 is 0.746 bits per heavy atom. The summed E-state index contributed by atoms with van der Waals surface area (Å²) in [6, 6.07) is 86.9. The van der Waals surface area contributed by atoms with E-state index >= 15 is 0 Å². The SMILES string of the molecule is c1ccc(-c2ccc(N(c3ccc(-c4ccccc4)cc3)c3ccc(-c4cc5c6ccccc6n(-c6ccc(-c7ccccc7)cc6)c5c5oc6ccccc6c45)cc3)cc2)cc1. The quantitative estimate of drug-likeness (QED) is 0.153. The van der Waals surface area contributed by atoms with Crippen LogP contribution in [0.1, 0.15) is 0 Å². The van der Waals surface area contributed by atoms with Crippen molar-refractivity contribution in [2.75, 3.05) is 4.90 Å². The fourth-order valence-corrected chi connectivity index (χ4v) is 9.36. The summed E-state index contributed by atoms with van der Waals surface area (Å²) in [5.41, 5.74) is 17.7. The van der Waals surface area contributed by atoms with Crippen LogP contribution in [-0.4, -0.2) is 4.57 Å². The molecule has 0 bridgehead atoms. The zero-order chi connectivity index (χ0) is 41.7. The van der Waals surface area contributed by atoms with Crippen molar-refractivity contribution in [3.05, 3.63) is 243 Å². The molecule has 0 unspecified atom stereocenters. The summed E-state index contributed by atoms with van der Waals surface area (Å²) in [5, 5.41) is 4.55. The number of hydrogen-bond donors (Lipinski definition) is 0. The van der Waals surface area contributed by atoms with Crippen LogP contribution in [0.5, 0.6) is 0 Å². The van der Waals surface area contributed by atoms with Gasteiger partial charge in [-0.1, -0.05) is 176 Å². The van der Waals surface area contributed by atoms with E-state index in [2.05, 4.69) is 252 Å². The number of furan rings is 1. The van der Waals surface area contributed by atoms with Crippen molar-refractivity contribution in [2.45, 2.75) is 0 Å². The lowest BCUT2D eigenvalue weighted by Gasteiger charge is -2.26. The van der Waals surface area contributed by atoms with E-state index in [0.717, 1.165) is 72.2 Å². The Labute approximate surface area is 366 Å². The van der Waals surface area contributed by atoms with Crippen LogP contribution in [0.15, 0.2) is 247 Å². The molecule has 0 spiro atoms. The Morgan fingerprint density at radius 1 is 0.333 bits per heavy atom. The van der Waals surface area contributed by atoms with Crippen molar-refractivity contribution < 1.29 is 4.42 Å². The van der Waals surface area contributed by atoms with Gasteiger partial charge in [0, 0.05) is 44.3 Å². The zero-order valence-electron chi connectivity index (χ0n) is 34.4. The van der Waals surface area contributed by atoms with Gasteiger partial charge in [0.25, 0.3) is 0 Å². The minimum absolute atomic E-state index is 0.873. The van der Waals surface area contributed by atoms with Crippen LogP contribution < -0.4 is 4.90 Å². The summed E-state index contributed by atoms with van der Waals surface area (Å²) >= 11 is 0. The maximum absolute atomic E-state index is 6.94. The molecule has 0 radical (unpaired) electrons. The van der Waals surface area contributed by atoms with E-state index in [0.29, 0.717) is 0 Å². The smallest absolute Gasteiger partial charge is 0.160 e. The van der Waals surface area contributed by atoms with Gasteiger partial charge in [0.1, 0.15) is 5.58 Å². The van der Waals surface area contributed by atoms with Gasteiger partial charge in [0.15, 0.2) is 5.58 Å². The number of aromatic nitrogens is 1. The Kier molecular flexibility index (Phi) is 8.83. The third kappa shape index (κ3) is 6.38. The molecule has 63 heavy (non-hydrogen) atoms. The van der Waals surface area contributed by atoms with E-state index in [-0.39, 0.29) is 0 Å². The molecule has 0 fully saturated rings. The highest BCUT2D eigenvalue weighted by molar-refractivity contribution is 6.26. The maximum Gasteiger partial charge on any atom is 0.160 e. The standard InChI is InChI=1S/C60H40N2O/c1-4-14-41(15-5-1)44-24-32-48(33-25-44)61(49-34-26-45(27-35-49)42-16-6-2-7-17-42)50-38-30-47(31-39-50)54-40-55-52-20-10-12-22-56(52)62(51-36-28-46(29-37-51)43-18-8-3-9-19-43)59(55)60-58(54)53-21-11-13-23-57(53)63-60/h1-40H. The van der Waals surface area contributed by atoms with Crippen LogP contribution in [-0.2, 0) is 0 Å². The van der Waals surface area contributed by atoms with Crippen molar-refractivity contribution >= 4 is 60.8 Å². The predicted octanol–water partition coefficient (Wildman–Crippen LogP) is 16.8. The van der Waals surface area contributed by atoms with Gasteiger partial charge in [-0.25, -0.2) is 0 Å². The molecule has 2 aromatic heterocycles. The molecular formula is C60H40N2O. The largest absolute Gasteiger partial charge is 0.454 e. The van der Waals surface area contributed by atoms with Gasteiger partial charge in [-0.15, -0.1) is 0 Å². The van der Waals surface area contributed by atoms with Crippen LogP contribution in [0.25, 0.3) is 93.9 Å². The molecule has 3 heteroatoms. The van der Waals surface area contributed by atoms with E-state index in [9.17, 15) is 0 Å². The highest BCUT2D eigenvalue weighted by Gasteiger charge is 2.23. The molecule has 0 amide bonds. The molecule has 0 aliphatic heterocycles. The highest BCUT2D eigenvalue weighted by atomic mass is 16.3. The molecule has 0 saturated carbocycles. The van der Waals surface area contributed by atoms with E-state index in [1.807, 2.05) is 0 Å². The Morgan fingerprint density at radius 3 is 1.27 bits per heavy atom. The second-order valence-corrected chi connectivity index (χ2v) is 16.1. The highest BCUT2D eigenvalue weighted by Crippen LogP contribution is 2.46.